The van der Waals surface area contributed by atoms with Crippen molar-refractivity contribution in [1.82, 2.24) is 9.97 Å². The Kier molecular flexibility index (Phi) is 3.33. The highest BCUT2D eigenvalue weighted by Crippen LogP contribution is 2.06. The minimum absolute atomic E-state index is 0. The van der Waals surface area contributed by atoms with Crippen LogP contribution in [-0.4, -0.2) is 21.0 Å². The Morgan fingerprint density at radius 1 is 1.73 bits per heavy atom. The molecule has 1 aromatic rings. The number of hydrogen-bond acceptors (Lipinski definition) is 2. The van der Waals surface area contributed by atoms with Gasteiger partial charge in [-0.15, -0.1) is 12.4 Å². The Morgan fingerprint density at radius 2 is 2.36 bits per heavy atom. The topological polar surface area (TPSA) is 66.0 Å². The number of halogens is 1. The SMILES string of the molecule is C=C(C(=O)O)c1cnc[nH]1.Cl. The van der Waals surface area contributed by atoms with E-state index in [1.54, 1.807) is 0 Å². The van der Waals surface area contributed by atoms with Crippen LogP contribution in [0.25, 0.3) is 5.57 Å². The van der Waals surface area contributed by atoms with Crippen LogP contribution in [0.1, 0.15) is 5.69 Å². The van der Waals surface area contributed by atoms with Gasteiger partial charge in [-0.05, 0) is 0 Å². The van der Waals surface area contributed by atoms with Crippen LogP contribution in [0.4, 0.5) is 0 Å². The second kappa shape index (κ2) is 3.78. The van der Waals surface area contributed by atoms with E-state index in [0.29, 0.717) is 5.69 Å². The van der Waals surface area contributed by atoms with Crippen LogP contribution in [0.15, 0.2) is 19.1 Å². The van der Waals surface area contributed by atoms with Gasteiger partial charge in [0.1, 0.15) is 0 Å². The molecule has 11 heavy (non-hydrogen) atoms. The molecule has 0 aliphatic heterocycles. The third-order valence-electron chi connectivity index (χ3n) is 1.08. The lowest BCUT2D eigenvalue weighted by molar-refractivity contribution is -0.130. The summed E-state index contributed by atoms with van der Waals surface area (Å²) in [6.07, 6.45) is 2.82. The number of imidazole rings is 1. The molecule has 5 heteroatoms. The van der Waals surface area contributed by atoms with Gasteiger partial charge in [-0.3, -0.25) is 0 Å². The number of nitrogens with zero attached hydrogens (tertiary/aromatic N) is 1. The highest BCUT2D eigenvalue weighted by Gasteiger charge is 2.06. The summed E-state index contributed by atoms with van der Waals surface area (Å²) in [7, 11) is 0. The van der Waals surface area contributed by atoms with E-state index in [1.807, 2.05) is 0 Å². The first-order chi connectivity index (χ1) is 4.72. The number of aromatic amines is 1. The first-order valence-electron chi connectivity index (χ1n) is 2.63. The maximum Gasteiger partial charge on any atom is 0.337 e. The van der Waals surface area contributed by atoms with Gasteiger partial charge in [0.25, 0.3) is 0 Å². The third-order valence-corrected chi connectivity index (χ3v) is 1.08. The fourth-order valence-electron chi connectivity index (χ4n) is 0.536. The van der Waals surface area contributed by atoms with Crippen LogP contribution in [0.5, 0.6) is 0 Å². The Morgan fingerprint density at radius 3 is 2.73 bits per heavy atom. The fourth-order valence-corrected chi connectivity index (χ4v) is 0.536. The highest BCUT2D eigenvalue weighted by molar-refractivity contribution is 6.13. The molecule has 0 aromatic carbocycles. The molecule has 0 aliphatic carbocycles. The molecule has 60 valence electrons. The van der Waals surface area contributed by atoms with Gasteiger partial charge in [-0.1, -0.05) is 6.58 Å². The van der Waals surface area contributed by atoms with Crippen LogP contribution in [-0.2, 0) is 4.79 Å². The molecular weight excluding hydrogens is 168 g/mol. The van der Waals surface area contributed by atoms with Crippen LogP contribution >= 0.6 is 12.4 Å². The van der Waals surface area contributed by atoms with Crippen LogP contribution in [0.3, 0.4) is 0 Å². The number of rotatable bonds is 2. The zero-order valence-corrected chi connectivity index (χ0v) is 6.39. The summed E-state index contributed by atoms with van der Waals surface area (Å²) in [5.74, 6) is -1.04. The summed E-state index contributed by atoms with van der Waals surface area (Å²) < 4.78 is 0. The number of carbonyl (C=O) groups is 1. The summed E-state index contributed by atoms with van der Waals surface area (Å²) in [4.78, 5) is 16.5. The minimum atomic E-state index is -1.04. The molecule has 1 rings (SSSR count). The Bertz CT molecular complexity index is 256. The normalized spacial score (nSPS) is 8.36. The number of carboxylic acid groups (broad SMARTS) is 1. The summed E-state index contributed by atoms with van der Waals surface area (Å²) in [5, 5.41) is 8.41. The summed E-state index contributed by atoms with van der Waals surface area (Å²) in [6, 6.07) is 0. The van der Waals surface area contributed by atoms with Gasteiger partial charge in [0, 0.05) is 0 Å². The molecule has 4 nitrogen and oxygen atoms in total. The van der Waals surface area contributed by atoms with Gasteiger partial charge >= 0.3 is 5.97 Å². The van der Waals surface area contributed by atoms with Crippen molar-refractivity contribution in [3.05, 3.63) is 24.8 Å². The van der Waals surface area contributed by atoms with Crippen molar-refractivity contribution in [1.29, 1.82) is 0 Å². The summed E-state index contributed by atoms with van der Waals surface area (Å²) in [6.45, 7) is 3.33. The van der Waals surface area contributed by atoms with Crippen LogP contribution in [0, 0.1) is 0 Å². The lowest BCUT2D eigenvalue weighted by Gasteiger charge is -1.91. The highest BCUT2D eigenvalue weighted by atomic mass is 35.5. The number of nitrogens with one attached hydrogen (secondary N) is 1. The zero-order valence-electron chi connectivity index (χ0n) is 5.57. The number of aliphatic carboxylic acids is 1. The van der Waals surface area contributed by atoms with E-state index in [2.05, 4.69) is 16.5 Å². The van der Waals surface area contributed by atoms with Crippen molar-refractivity contribution in [3.8, 4) is 0 Å². The molecule has 0 unspecified atom stereocenters. The van der Waals surface area contributed by atoms with Gasteiger partial charge in [0.05, 0.1) is 23.8 Å². The molecule has 0 spiro atoms. The van der Waals surface area contributed by atoms with E-state index in [9.17, 15) is 4.79 Å². The molecular formula is C6H7ClN2O2. The van der Waals surface area contributed by atoms with Gasteiger partial charge in [-0.25, -0.2) is 9.78 Å². The van der Waals surface area contributed by atoms with Crippen LogP contribution in [0.2, 0.25) is 0 Å². The van der Waals surface area contributed by atoms with E-state index in [-0.39, 0.29) is 18.0 Å². The quantitative estimate of drug-likeness (QED) is 0.656. The molecule has 0 radical (unpaired) electrons. The van der Waals surface area contributed by atoms with E-state index in [1.165, 1.54) is 12.5 Å². The smallest absolute Gasteiger partial charge is 0.337 e. The maximum atomic E-state index is 10.3. The summed E-state index contributed by atoms with van der Waals surface area (Å²) in [5.41, 5.74) is 0.463. The Hall–Kier alpha value is -1.29. The van der Waals surface area contributed by atoms with Gasteiger partial charge in [-0.2, -0.15) is 0 Å². The number of carboxylic acids is 1. The van der Waals surface area contributed by atoms with Crippen molar-refractivity contribution in [2.75, 3.05) is 0 Å². The second-order valence-electron chi connectivity index (χ2n) is 1.75. The predicted molar refractivity (Wildman–Crippen MR) is 42.5 cm³/mol. The molecule has 0 saturated heterocycles. The van der Waals surface area contributed by atoms with Crippen LogP contribution < -0.4 is 0 Å². The molecule has 2 N–H and O–H groups in total. The zero-order chi connectivity index (χ0) is 7.56. The average Bonchev–Trinajstić information content (AvgIpc) is 2.36. The van der Waals surface area contributed by atoms with Crippen molar-refractivity contribution in [2.45, 2.75) is 0 Å². The first-order valence-corrected chi connectivity index (χ1v) is 2.63. The Labute approximate surface area is 69.4 Å². The lowest BCUT2D eigenvalue weighted by atomic mass is 10.2. The fraction of sp³-hybridized carbons (Fsp3) is 0. The van der Waals surface area contributed by atoms with Crippen molar-refractivity contribution in [2.24, 2.45) is 0 Å². The van der Waals surface area contributed by atoms with Crippen molar-refractivity contribution >= 4 is 23.9 Å². The van der Waals surface area contributed by atoms with Crippen molar-refractivity contribution in [3.63, 3.8) is 0 Å². The minimum Gasteiger partial charge on any atom is -0.478 e. The number of aromatic nitrogens is 2. The molecule has 0 amide bonds. The first kappa shape index (κ1) is 9.71. The Balaban J connectivity index is 0.000001000. The molecule has 0 saturated carbocycles. The van der Waals surface area contributed by atoms with Gasteiger partial charge in [0.2, 0.25) is 0 Å². The van der Waals surface area contributed by atoms with E-state index in [4.69, 9.17) is 5.11 Å². The number of hydrogen-bond donors (Lipinski definition) is 2. The van der Waals surface area contributed by atoms with Gasteiger partial charge in [0.15, 0.2) is 0 Å². The maximum absolute atomic E-state index is 10.3. The monoisotopic (exact) mass is 174 g/mol. The predicted octanol–water partition coefficient (Wildman–Crippen LogP) is 0.929. The molecule has 1 aromatic heterocycles. The lowest BCUT2D eigenvalue weighted by Crippen LogP contribution is -1.97. The summed E-state index contributed by atoms with van der Waals surface area (Å²) >= 11 is 0. The molecule has 0 aliphatic rings. The van der Waals surface area contributed by atoms with E-state index in [0.717, 1.165) is 0 Å². The van der Waals surface area contributed by atoms with E-state index < -0.39 is 5.97 Å². The van der Waals surface area contributed by atoms with E-state index >= 15 is 0 Å². The standard InChI is InChI=1S/C6H6N2O2.ClH/c1-4(6(9)10)5-2-7-3-8-5;/h2-3H,1H2,(H,7,8)(H,9,10);1H. The third kappa shape index (κ3) is 2.09. The molecule has 0 fully saturated rings. The molecule has 0 atom stereocenters. The largest absolute Gasteiger partial charge is 0.478 e. The van der Waals surface area contributed by atoms with Gasteiger partial charge < -0.3 is 10.1 Å². The molecule has 0 bridgehead atoms. The molecule has 1 heterocycles. The average molecular weight is 175 g/mol. The number of H-pyrrole nitrogens is 1. The second-order valence-corrected chi connectivity index (χ2v) is 1.75. The van der Waals surface area contributed by atoms with Crippen molar-refractivity contribution < 1.29 is 9.90 Å².